The van der Waals surface area contributed by atoms with E-state index in [2.05, 4.69) is 12.1 Å². The predicted octanol–water partition coefficient (Wildman–Crippen LogP) is 2.38. The number of benzene rings is 1. The molecule has 0 bridgehead atoms. The third-order valence-electron chi connectivity index (χ3n) is 3.86. The molecule has 1 saturated carbocycles. The Hall–Kier alpha value is -1.06. The Labute approximate surface area is 121 Å². The number of hydrogen-bond acceptors (Lipinski definition) is 2. The number of rotatable bonds is 5. The van der Waals surface area contributed by atoms with Gasteiger partial charge in [0.2, 0.25) is 5.91 Å². The van der Waals surface area contributed by atoms with Crippen LogP contribution in [-0.4, -0.2) is 29.9 Å². The van der Waals surface area contributed by atoms with Crippen molar-refractivity contribution in [3.8, 4) is 0 Å². The average molecular weight is 283 g/mol. The Morgan fingerprint density at radius 3 is 2.47 bits per heavy atom. The smallest absolute Gasteiger partial charge is 0.224 e. The van der Waals surface area contributed by atoms with Crippen LogP contribution in [0.2, 0.25) is 0 Å². The molecule has 1 aromatic carbocycles. The van der Waals surface area contributed by atoms with Gasteiger partial charge in [0, 0.05) is 25.6 Å². The number of carbonyl (C=O) groups is 1. The Morgan fingerprint density at radius 1 is 1.32 bits per heavy atom. The highest BCUT2D eigenvalue weighted by Crippen LogP contribution is 2.32. The molecule has 2 rings (SSSR count). The Bertz CT molecular complexity index is 404. The Balaban J connectivity index is 0.00000180. The topological polar surface area (TPSA) is 46.3 Å². The molecular weight excluding hydrogens is 260 g/mol. The summed E-state index contributed by atoms with van der Waals surface area (Å²) in [6.45, 7) is 0.763. The minimum Gasteiger partial charge on any atom is -0.345 e. The van der Waals surface area contributed by atoms with E-state index in [9.17, 15) is 4.79 Å². The molecule has 0 spiro atoms. The number of amides is 1. The van der Waals surface area contributed by atoms with Crippen LogP contribution in [0.5, 0.6) is 0 Å². The van der Waals surface area contributed by atoms with Crippen LogP contribution in [-0.2, 0) is 11.2 Å². The molecule has 3 nitrogen and oxygen atoms in total. The fourth-order valence-corrected chi connectivity index (χ4v) is 2.31. The van der Waals surface area contributed by atoms with E-state index in [-0.39, 0.29) is 23.9 Å². The quantitative estimate of drug-likeness (QED) is 0.901. The molecular formula is C15H23ClN2O. The SMILES string of the molecule is CN(CCc1ccccc1)C(=O)CC1(N)CCC1.Cl. The van der Waals surface area contributed by atoms with E-state index < -0.39 is 0 Å². The molecule has 1 aromatic rings. The van der Waals surface area contributed by atoms with Crippen molar-refractivity contribution >= 4 is 18.3 Å². The normalized spacial score (nSPS) is 16.1. The highest BCUT2D eigenvalue weighted by molar-refractivity contribution is 5.85. The molecule has 19 heavy (non-hydrogen) atoms. The first-order valence-electron chi connectivity index (χ1n) is 6.66. The van der Waals surface area contributed by atoms with E-state index in [4.69, 9.17) is 5.73 Å². The van der Waals surface area contributed by atoms with Gasteiger partial charge in [-0.15, -0.1) is 12.4 Å². The molecule has 1 aliphatic rings. The van der Waals surface area contributed by atoms with Gasteiger partial charge in [0.15, 0.2) is 0 Å². The lowest BCUT2D eigenvalue weighted by Gasteiger charge is -2.38. The summed E-state index contributed by atoms with van der Waals surface area (Å²) < 4.78 is 0. The highest BCUT2D eigenvalue weighted by atomic mass is 35.5. The largest absolute Gasteiger partial charge is 0.345 e. The van der Waals surface area contributed by atoms with Crippen molar-refractivity contribution in [2.24, 2.45) is 5.73 Å². The minimum absolute atomic E-state index is 0. The first-order chi connectivity index (χ1) is 8.59. The number of carbonyl (C=O) groups excluding carboxylic acids is 1. The van der Waals surface area contributed by atoms with Crippen molar-refractivity contribution in [2.75, 3.05) is 13.6 Å². The molecule has 0 radical (unpaired) electrons. The molecule has 106 valence electrons. The van der Waals surface area contributed by atoms with Gasteiger partial charge in [0.05, 0.1) is 0 Å². The standard InChI is InChI=1S/C15H22N2O.ClH/c1-17(11-8-13-6-3-2-4-7-13)14(18)12-15(16)9-5-10-15;/h2-4,6-7H,5,8-12,16H2,1H3;1H. The molecule has 1 fully saturated rings. The van der Waals surface area contributed by atoms with Gasteiger partial charge in [-0.1, -0.05) is 30.3 Å². The van der Waals surface area contributed by atoms with E-state index in [0.29, 0.717) is 6.42 Å². The molecule has 1 aliphatic carbocycles. The first kappa shape index (κ1) is 16.0. The molecule has 4 heteroatoms. The fraction of sp³-hybridized carbons (Fsp3) is 0.533. The van der Waals surface area contributed by atoms with Gasteiger partial charge in [-0.25, -0.2) is 0 Å². The van der Waals surface area contributed by atoms with Crippen molar-refractivity contribution in [1.82, 2.24) is 4.90 Å². The summed E-state index contributed by atoms with van der Waals surface area (Å²) in [4.78, 5) is 13.8. The van der Waals surface area contributed by atoms with Crippen molar-refractivity contribution < 1.29 is 4.79 Å². The lowest BCUT2D eigenvalue weighted by atomic mass is 9.75. The zero-order valence-corrected chi connectivity index (χ0v) is 12.3. The second-order valence-electron chi connectivity index (χ2n) is 5.44. The van der Waals surface area contributed by atoms with Gasteiger partial charge in [-0.3, -0.25) is 4.79 Å². The zero-order valence-electron chi connectivity index (χ0n) is 11.5. The predicted molar refractivity (Wildman–Crippen MR) is 80.4 cm³/mol. The van der Waals surface area contributed by atoms with Crippen molar-refractivity contribution in [3.05, 3.63) is 35.9 Å². The second-order valence-corrected chi connectivity index (χ2v) is 5.44. The third kappa shape index (κ3) is 4.51. The maximum Gasteiger partial charge on any atom is 0.224 e. The molecule has 0 atom stereocenters. The molecule has 0 unspecified atom stereocenters. The van der Waals surface area contributed by atoms with Crippen LogP contribution in [0.1, 0.15) is 31.2 Å². The maximum absolute atomic E-state index is 12.0. The Morgan fingerprint density at radius 2 is 1.95 bits per heavy atom. The average Bonchev–Trinajstić information content (AvgIpc) is 2.35. The van der Waals surface area contributed by atoms with Gasteiger partial charge in [-0.2, -0.15) is 0 Å². The van der Waals surface area contributed by atoms with Gasteiger partial charge in [0.1, 0.15) is 0 Å². The number of halogens is 1. The second kappa shape index (κ2) is 6.92. The van der Waals surface area contributed by atoms with Gasteiger partial charge >= 0.3 is 0 Å². The molecule has 1 amide bonds. The maximum atomic E-state index is 12.0. The van der Waals surface area contributed by atoms with Crippen LogP contribution in [0, 0.1) is 0 Å². The van der Waals surface area contributed by atoms with Crippen LogP contribution >= 0.6 is 12.4 Å². The van der Waals surface area contributed by atoms with Crippen molar-refractivity contribution in [2.45, 2.75) is 37.6 Å². The summed E-state index contributed by atoms with van der Waals surface area (Å²) in [6, 6.07) is 10.2. The van der Waals surface area contributed by atoms with Gasteiger partial charge in [-0.05, 0) is 31.2 Å². The number of likely N-dealkylation sites (N-methyl/N-ethyl adjacent to an activating group) is 1. The third-order valence-corrected chi connectivity index (χ3v) is 3.86. The van der Waals surface area contributed by atoms with E-state index in [1.807, 2.05) is 25.2 Å². The lowest BCUT2D eigenvalue weighted by molar-refractivity contribution is -0.131. The number of nitrogens with two attached hydrogens (primary N) is 1. The van der Waals surface area contributed by atoms with Crippen molar-refractivity contribution in [3.63, 3.8) is 0 Å². The van der Waals surface area contributed by atoms with E-state index in [1.54, 1.807) is 4.90 Å². The Kier molecular flexibility index (Phi) is 5.83. The molecule has 2 N–H and O–H groups in total. The lowest BCUT2D eigenvalue weighted by Crippen LogP contribution is -2.50. The fourth-order valence-electron chi connectivity index (χ4n) is 2.31. The van der Waals surface area contributed by atoms with E-state index >= 15 is 0 Å². The summed E-state index contributed by atoms with van der Waals surface area (Å²) in [5.41, 5.74) is 7.16. The van der Waals surface area contributed by atoms with Gasteiger partial charge in [0.25, 0.3) is 0 Å². The molecule has 0 heterocycles. The van der Waals surface area contributed by atoms with Crippen LogP contribution < -0.4 is 5.73 Å². The number of hydrogen-bond donors (Lipinski definition) is 1. The van der Waals surface area contributed by atoms with Gasteiger partial charge < -0.3 is 10.6 Å². The summed E-state index contributed by atoms with van der Waals surface area (Å²) in [7, 11) is 1.87. The molecule has 0 saturated heterocycles. The zero-order chi connectivity index (χ0) is 13.0. The molecule has 0 aliphatic heterocycles. The highest BCUT2D eigenvalue weighted by Gasteiger charge is 2.35. The van der Waals surface area contributed by atoms with Crippen LogP contribution in [0.4, 0.5) is 0 Å². The van der Waals surface area contributed by atoms with Crippen LogP contribution in [0.15, 0.2) is 30.3 Å². The van der Waals surface area contributed by atoms with Crippen LogP contribution in [0.3, 0.4) is 0 Å². The first-order valence-corrected chi connectivity index (χ1v) is 6.66. The minimum atomic E-state index is -0.210. The summed E-state index contributed by atoms with van der Waals surface area (Å²) in [6.07, 6.45) is 4.55. The monoisotopic (exact) mass is 282 g/mol. The summed E-state index contributed by atoms with van der Waals surface area (Å²) in [5.74, 6) is 0.174. The van der Waals surface area contributed by atoms with Crippen molar-refractivity contribution in [1.29, 1.82) is 0 Å². The van der Waals surface area contributed by atoms with Crippen LogP contribution in [0.25, 0.3) is 0 Å². The molecule has 0 aromatic heterocycles. The number of nitrogens with zero attached hydrogens (tertiary/aromatic N) is 1. The van der Waals surface area contributed by atoms with E-state index in [1.165, 1.54) is 5.56 Å². The summed E-state index contributed by atoms with van der Waals surface area (Å²) >= 11 is 0. The van der Waals surface area contributed by atoms with E-state index in [0.717, 1.165) is 32.2 Å². The summed E-state index contributed by atoms with van der Waals surface area (Å²) in [5, 5.41) is 0.